The minimum absolute atomic E-state index is 0.0499. The van der Waals surface area contributed by atoms with Crippen LogP contribution in [-0.4, -0.2) is 39.5 Å². The van der Waals surface area contributed by atoms with Crippen molar-refractivity contribution in [2.45, 2.75) is 37.6 Å². The number of aromatic nitrogens is 2. The van der Waals surface area contributed by atoms with Gasteiger partial charge in [0.15, 0.2) is 11.4 Å². The van der Waals surface area contributed by atoms with Gasteiger partial charge in [-0.3, -0.25) is 4.79 Å². The van der Waals surface area contributed by atoms with Crippen molar-refractivity contribution >= 4 is 11.6 Å². The standard InChI is InChI=1S/C16H17F3N4O3/c1-9-2-4-10(5-3-9)21-13(24)6-12-22-14(26-23-12)11-7-15(25,8-20-11)16(17,18)19/h2-5,11,20,25H,6-8H2,1H3,(H,21,24)/t11-,15-/m0/s1. The molecule has 0 saturated carbocycles. The highest BCUT2D eigenvalue weighted by molar-refractivity contribution is 5.91. The molecule has 2 aromatic rings. The summed E-state index contributed by atoms with van der Waals surface area (Å²) in [5.41, 5.74) is -1.18. The Morgan fingerprint density at radius 2 is 2.12 bits per heavy atom. The van der Waals surface area contributed by atoms with E-state index in [9.17, 15) is 23.1 Å². The molecule has 0 spiro atoms. The first-order valence-electron chi connectivity index (χ1n) is 7.88. The summed E-state index contributed by atoms with van der Waals surface area (Å²) < 4.78 is 43.4. The molecule has 1 aliphatic heterocycles. The molecule has 1 saturated heterocycles. The van der Waals surface area contributed by atoms with Crippen LogP contribution in [0.5, 0.6) is 0 Å². The molecule has 3 N–H and O–H groups in total. The first-order chi connectivity index (χ1) is 12.2. The lowest BCUT2D eigenvalue weighted by Crippen LogP contribution is -2.46. The first kappa shape index (κ1) is 18.3. The molecule has 7 nitrogen and oxygen atoms in total. The van der Waals surface area contributed by atoms with Gasteiger partial charge in [-0.1, -0.05) is 22.9 Å². The zero-order valence-electron chi connectivity index (χ0n) is 13.8. The van der Waals surface area contributed by atoms with Crippen LogP contribution in [0.2, 0.25) is 0 Å². The van der Waals surface area contributed by atoms with E-state index in [0.717, 1.165) is 5.56 Å². The Hall–Kier alpha value is -2.46. The van der Waals surface area contributed by atoms with Crippen LogP contribution >= 0.6 is 0 Å². The number of nitrogens with zero attached hydrogens (tertiary/aromatic N) is 2. The molecule has 1 aromatic heterocycles. The number of halogens is 3. The summed E-state index contributed by atoms with van der Waals surface area (Å²) in [5, 5.41) is 18.4. The van der Waals surface area contributed by atoms with Crippen LogP contribution in [0, 0.1) is 6.92 Å². The quantitative estimate of drug-likeness (QED) is 0.760. The van der Waals surface area contributed by atoms with E-state index < -0.39 is 30.8 Å². The van der Waals surface area contributed by atoms with Gasteiger partial charge in [0, 0.05) is 18.7 Å². The summed E-state index contributed by atoms with van der Waals surface area (Å²) in [4.78, 5) is 16.0. The second kappa shape index (κ2) is 6.69. The Labute approximate surface area is 146 Å². The van der Waals surface area contributed by atoms with Crippen molar-refractivity contribution in [1.82, 2.24) is 15.5 Å². The van der Waals surface area contributed by atoms with E-state index in [1.807, 2.05) is 19.1 Å². The van der Waals surface area contributed by atoms with Gasteiger partial charge in [0.25, 0.3) is 0 Å². The molecular formula is C16H17F3N4O3. The highest BCUT2D eigenvalue weighted by atomic mass is 19.4. The Balaban J connectivity index is 1.60. The molecule has 1 aliphatic rings. The van der Waals surface area contributed by atoms with E-state index in [0.29, 0.717) is 5.69 Å². The van der Waals surface area contributed by atoms with E-state index in [-0.39, 0.29) is 24.0 Å². The lowest BCUT2D eigenvalue weighted by molar-refractivity contribution is -0.252. The van der Waals surface area contributed by atoms with Gasteiger partial charge in [-0.2, -0.15) is 18.2 Å². The summed E-state index contributed by atoms with van der Waals surface area (Å²) in [6.07, 6.45) is -5.58. The summed E-state index contributed by atoms with van der Waals surface area (Å²) in [5.74, 6) is -0.426. The van der Waals surface area contributed by atoms with Crippen LogP contribution in [0.25, 0.3) is 0 Å². The molecule has 0 unspecified atom stereocenters. The molecule has 3 rings (SSSR count). The number of aliphatic hydroxyl groups is 1. The molecule has 26 heavy (non-hydrogen) atoms. The fraction of sp³-hybridized carbons (Fsp3) is 0.438. The Bertz CT molecular complexity index is 791. The van der Waals surface area contributed by atoms with Crippen molar-refractivity contribution in [1.29, 1.82) is 0 Å². The third-order valence-electron chi connectivity index (χ3n) is 4.15. The highest BCUT2D eigenvalue weighted by Crippen LogP contribution is 2.40. The van der Waals surface area contributed by atoms with Crippen LogP contribution < -0.4 is 10.6 Å². The number of rotatable bonds is 4. The first-order valence-corrected chi connectivity index (χ1v) is 7.88. The maximum Gasteiger partial charge on any atom is 0.418 e. The molecule has 2 atom stereocenters. The van der Waals surface area contributed by atoms with Gasteiger partial charge in [-0.25, -0.2) is 0 Å². The SMILES string of the molecule is Cc1ccc(NC(=O)Cc2noc([C@@H]3C[C@@](O)(C(F)(F)F)CN3)n2)cc1. The Morgan fingerprint density at radius 3 is 2.73 bits per heavy atom. The Morgan fingerprint density at radius 1 is 1.42 bits per heavy atom. The van der Waals surface area contributed by atoms with E-state index >= 15 is 0 Å². The smallest absolute Gasteiger partial charge is 0.379 e. The number of β-amino-alcohol motifs (C(OH)–C–C–N with tert-alkyl or cyclic N) is 1. The largest absolute Gasteiger partial charge is 0.418 e. The zero-order valence-corrected chi connectivity index (χ0v) is 13.8. The van der Waals surface area contributed by atoms with Crippen molar-refractivity contribution in [3.8, 4) is 0 Å². The predicted octanol–water partition coefficient (Wildman–Crippen LogP) is 1.89. The molecule has 0 radical (unpaired) electrons. The zero-order chi connectivity index (χ0) is 18.9. The summed E-state index contributed by atoms with van der Waals surface area (Å²) >= 11 is 0. The minimum atomic E-state index is -4.76. The fourth-order valence-electron chi connectivity index (χ4n) is 2.63. The van der Waals surface area contributed by atoms with E-state index in [1.165, 1.54) is 0 Å². The number of aryl methyl sites for hydroxylation is 1. The second-order valence-corrected chi connectivity index (χ2v) is 6.31. The number of amides is 1. The van der Waals surface area contributed by atoms with Gasteiger partial charge < -0.3 is 20.3 Å². The normalized spacial score (nSPS) is 23.2. The van der Waals surface area contributed by atoms with Gasteiger partial charge in [0.05, 0.1) is 12.5 Å². The fourth-order valence-corrected chi connectivity index (χ4v) is 2.63. The number of hydrogen-bond acceptors (Lipinski definition) is 6. The average Bonchev–Trinajstić information content (AvgIpc) is 3.16. The molecule has 0 bridgehead atoms. The number of hydrogen-bond donors (Lipinski definition) is 3. The summed E-state index contributed by atoms with van der Waals surface area (Å²) in [7, 11) is 0. The maximum absolute atomic E-state index is 12.8. The van der Waals surface area contributed by atoms with E-state index in [4.69, 9.17) is 4.52 Å². The van der Waals surface area contributed by atoms with Crippen LogP contribution in [0.15, 0.2) is 28.8 Å². The lowest BCUT2D eigenvalue weighted by atomic mass is 10.00. The number of carbonyl (C=O) groups excluding carboxylic acids is 1. The van der Waals surface area contributed by atoms with Gasteiger partial charge in [0.2, 0.25) is 11.8 Å². The maximum atomic E-state index is 12.8. The van der Waals surface area contributed by atoms with Crippen LogP contribution in [0.1, 0.15) is 29.7 Å². The lowest BCUT2D eigenvalue weighted by Gasteiger charge is -2.24. The van der Waals surface area contributed by atoms with E-state index in [2.05, 4.69) is 20.8 Å². The van der Waals surface area contributed by atoms with Crippen LogP contribution in [0.4, 0.5) is 18.9 Å². The second-order valence-electron chi connectivity index (χ2n) is 6.31. The molecule has 1 aromatic carbocycles. The predicted molar refractivity (Wildman–Crippen MR) is 84.2 cm³/mol. The number of nitrogens with one attached hydrogen (secondary N) is 2. The molecule has 0 aliphatic carbocycles. The molecule has 2 heterocycles. The van der Waals surface area contributed by atoms with Crippen molar-refractivity contribution in [3.05, 3.63) is 41.5 Å². The van der Waals surface area contributed by atoms with Gasteiger partial charge in [0.1, 0.15) is 0 Å². The molecule has 1 amide bonds. The minimum Gasteiger partial charge on any atom is -0.379 e. The van der Waals surface area contributed by atoms with Crippen molar-refractivity contribution in [3.63, 3.8) is 0 Å². The average molecular weight is 370 g/mol. The molecule has 10 heteroatoms. The summed E-state index contributed by atoms with van der Waals surface area (Å²) in [6.45, 7) is 1.26. The van der Waals surface area contributed by atoms with Crippen molar-refractivity contribution in [2.75, 3.05) is 11.9 Å². The molecular weight excluding hydrogens is 353 g/mol. The van der Waals surface area contributed by atoms with Gasteiger partial charge >= 0.3 is 6.18 Å². The van der Waals surface area contributed by atoms with Crippen molar-refractivity contribution < 1.29 is 27.6 Å². The third-order valence-corrected chi connectivity index (χ3v) is 4.15. The molecule has 1 fully saturated rings. The van der Waals surface area contributed by atoms with Gasteiger partial charge in [-0.05, 0) is 19.1 Å². The number of alkyl halides is 3. The summed E-state index contributed by atoms with van der Waals surface area (Å²) in [6, 6.07) is 6.25. The third kappa shape index (κ3) is 3.86. The monoisotopic (exact) mass is 370 g/mol. The number of anilines is 1. The molecule has 140 valence electrons. The highest BCUT2D eigenvalue weighted by Gasteiger charge is 2.58. The van der Waals surface area contributed by atoms with Crippen LogP contribution in [-0.2, 0) is 11.2 Å². The van der Waals surface area contributed by atoms with Crippen molar-refractivity contribution in [2.24, 2.45) is 0 Å². The van der Waals surface area contributed by atoms with E-state index in [1.54, 1.807) is 12.1 Å². The van der Waals surface area contributed by atoms with Gasteiger partial charge in [-0.15, -0.1) is 0 Å². The van der Waals surface area contributed by atoms with Crippen LogP contribution in [0.3, 0.4) is 0 Å². The topological polar surface area (TPSA) is 100 Å². The number of carbonyl (C=O) groups is 1. The Kier molecular flexibility index (Phi) is 4.72. The number of benzene rings is 1.